The molecule has 1 heterocycles. The molecular weight excluding hydrogens is 562 g/mol. The number of carbonyl (C=O) groups excluding carboxylic acids is 3. The summed E-state index contributed by atoms with van der Waals surface area (Å²) < 4.78 is 5.82. The average Bonchev–Trinajstić information content (AvgIpc) is 3.55. The molecule has 2 fully saturated rings. The summed E-state index contributed by atoms with van der Waals surface area (Å²) >= 11 is 0. The predicted molar refractivity (Wildman–Crippen MR) is 169 cm³/mol. The van der Waals surface area contributed by atoms with Crippen molar-refractivity contribution >= 4 is 30.2 Å². The Kier molecular flexibility index (Phi) is 11.8. The van der Waals surface area contributed by atoms with E-state index in [1.54, 1.807) is 4.90 Å². The van der Waals surface area contributed by atoms with Crippen LogP contribution in [-0.2, 0) is 25.7 Å². The van der Waals surface area contributed by atoms with Gasteiger partial charge in [0.2, 0.25) is 11.8 Å². The number of rotatable bonds is 10. The number of hydrogen-bond acceptors (Lipinski definition) is 5. The van der Waals surface area contributed by atoms with E-state index in [0.717, 1.165) is 42.4 Å². The summed E-state index contributed by atoms with van der Waals surface area (Å²) in [4.78, 5) is 43.0. The molecule has 5 rings (SSSR count). The van der Waals surface area contributed by atoms with Gasteiger partial charge in [-0.15, -0.1) is 12.4 Å². The first-order chi connectivity index (χ1) is 20.5. The van der Waals surface area contributed by atoms with Gasteiger partial charge in [0.15, 0.2) is 0 Å². The number of benzene rings is 3. The molecule has 1 aliphatic heterocycles. The normalized spacial score (nSPS) is 18.4. The number of nitrogens with zero attached hydrogens (tertiary/aromatic N) is 1. The van der Waals surface area contributed by atoms with E-state index in [4.69, 9.17) is 10.5 Å². The van der Waals surface area contributed by atoms with Crippen molar-refractivity contribution in [2.45, 2.75) is 75.6 Å². The number of esters is 1. The molecule has 2 aliphatic rings. The maximum absolute atomic E-state index is 14.0. The van der Waals surface area contributed by atoms with Crippen molar-refractivity contribution in [3.8, 4) is 0 Å². The van der Waals surface area contributed by atoms with Gasteiger partial charge in [-0.05, 0) is 48.3 Å². The Hall–Kier alpha value is -3.68. The number of nitrogens with two attached hydrogens (primary N) is 1. The van der Waals surface area contributed by atoms with Gasteiger partial charge in [-0.25, -0.2) is 4.79 Å². The number of ether oxygens (including phenoxy) is 1. The lowest BCUT2D eigenvalue weighted by atomic mass is 9.83. The van der Waals surface area contributed by atoms with Gasteiger partial charge in [-0.1, -0.05) is 110 Å². The largest absolute Gasteiger partial charge is 0.459 e. The van der Waals surface area contributed by atoms with E-state index in [9.17, 15) is 14.4 Å². The summed E-state index contributed by atoms with van der Waals surface area (Å²) in [6.07, 6.45) is 6.49. The highest BCUT2D eigenvalue weighted by Gasteiger charge is 2.41. The summed E-state index contributed by atoms with van der Waals surface area (Å²) in [5.74, 6) is -1.38. The van der Waals surface area contributed by atoms with Crippen LogP contribution in [0.15, 0.2) is 91.0 Å². The van der Waals surface area contributed by atoms with Crippen LogP contribution >= 0.6 is 12.4 Å². The van der Waals surface area contributed by atoms with Crippen molar-refractivity contribution in [1.82, 2.24) is 10.2 Å². The van der Waals surface area contributed by atoms with E-state index in [0.29, 0.717) is 19.4 Å². The smallest absolute Gasteiger partial charge is 0.329 e. The van der Waals surface area contributed by atoms with Crippen molar-refractivity contribution < 1.29 is 19.1 Å². The molecule has 3 atom stereocenters. The van der Waals surface area contributed by atoms with Crippen molar-refractivity contribution in [2.24, 2.45) is 11.7 Å². The first-order valence-electron chi connectivity index (χ1n) is 15.2. The molecule has 3 N–H and O–H groups in total. The number of likely N-dealkylation sites (tertiary alicyclic amines) is 1. The molecule has 2 amide bonds. The van der Waals surface area contributed by atoms with Crippen molar-refractivity contribution in [3.63, 3.8) is 0 Å². The molecule has 43 heavy (non-hydrogen) atoms. The molecule has 0 aromatic heterocycles. The third kappa shape index (κ3) is 8.03. The fourth-order valence-electron chi connectivity index (χ4n) is 6.43. The van der Waals surface area contributed by atoms with Crippen LogP contribution in [0.2, 0.25) is 0 Å². The topological polar surface area (TPSA) is 102 Å². The van der Waals surface area contributed by atoms with Crippen molar-refractivity contribution in [3.05, 3.63) is 108 Å². The second-order valence-corrected chi connectivity index (χ2v) is 11.5. The van der Waals surface area contributed by atoms with Crippen LogP contribution in [0, 0.1) is 5.92 Å². The lowest BCUT2D eigenvalue weighted by molar-refractivity contribution is -0.150. The SMILES string of the molecule is Cl.N[C@H](C(=O)N1CCC[C@H]1C(=O)N[C@H](C(=O)OCc1ccccc1)C(c1ccccc1)c1ccccc1)C1CCCCC1. The summed E-state index contributed by atoms with van der Waals surface area (Å²) in [6, 6.07) is 26.5. The number of carbonyl (C=O) groups is 3. The van der Waals surface area contributed by atoms with Crippen molar-refractivity contribution in [2.75, 3.05) is 6.54 Å². The quantitative estimate of drug-likeness (QED) is 0.304. The van der Waals surface area contributed by atoms with E-state index < -0.39 is 30.0 Å². The van der Waals surface area contributed by atoms with Crippen LogP contribution in [0.1, 0.15) is 67.6 Å². The minimum atomic E-state index is -1.00. The van der Waals surface area contributed by atoms with Gasteiger partial charge in [0.05, 0.1) is 6.04 Å². The van der Waals surface area contributed by atoms with E-state index in [1.807, 2.05) is 91.0 Å². The van der Waals surface area contributed by atoms with E-state index in [2.05, 4.69) is 5.32 Å². The van der Waals surface area contributed by atoms with Crippen LogP contribution in [0.4, 0.5) is 0 Å². The monoisotopic (exact) mass is 603 g/mol. The second-order valence-electron chi connectivity index (χ2n) is 11.5. The molecule has 0 bridgehead atoms. The molecule has 0 spiro atoms. The minimum absolute atomic E-state index is 0. The van der Waals surface area contributed by atoms with Crippen LogP contribution in [-0.4, -0.2) is 47.4 Å². The molecule has 0 unspecified atom stereocenters. The predicted octanol–water partition coefficient (Wildman–Crippen LogP) is 5.37. The van der Waals surface area contributed by atoms with Gasteiger partial charge >= 0.3 is 5.97 Å². The third-order valence-electron chi connectivity index (χ3n) is 8.71. The highest BCUT2D eigenvalue weighted by molar-refractivity contribution is 5.93. The molecule has 7 nitrogen and oxygen atoms in total. The van der Waals surface area contributed by atoms with Gasteiger partial charge in [0, 0.05) is 12.5 Å². The van der Waals surface area contributed by atoms with Crippen molar-refractivity contribution in [1.29, 1.82) is 0 Å². The lowest BCUT2D eigenvalue weighted by Crippen LogP contribution is -2.56. The van der Waals surface area contributed by atoms with Crippen LogP contribution < -0.4 is 11.1 Å². The fraction of sp³-hybridized carbons (Fsp3) is 0.400. The molecule has 1 saturated heterocycles. The number of hydrogen-bond donors (Lipinski definition) is 2. The standard InChI is InChI=1S/C35H41N3O4.ClH/c36-31(28-20-11-4-12-21-28)34(40)38-23-13-22-29(38)33(39)37-32(35(41)42-24-25-14-5-1-6-15-25)30(26-16-7-2-8-17-26)27-18-9-3-10-19-27;/h1-3,5-10,14-19,28-32H,4,11-13,20-24,36H2,(H,37,39);1H/t29-,31-,32-;/m0./s1. The van der Waals surface area contributed by atoms with Crippen LogP contribution in [0.3, 0.4) is 0 Å². The molecule has 1 saturated carbocycles. The second kappa shape index (κ2) is 15.7. The molecule has 1 aliphatic carbocycles. The first kappa shape index (κ1) is 32.2. The summed E-state index contributed by atoms with van der Waals surface area (Å²) in [5, 5.41) is 3.05. The minimum Gasteiger partial charge on any atom is -0.459 e. The summed E-state index contributed by atoms with van der Waals surface area (Å²) in [7, 11) is 0. The first-order valence-corrected chi connectivity index (χ1v) is 15.2. The summed E-state index contributed by atoms with van der Waals surface area (Å²) in [5.41, 5.74) is 9.10. The van der Waals surface area contributed by atoms with E-state index in [-0.39, 0.29) is 36.7 Å². The molecule has 0 radical (unpaired) electrons. The molecule has 8 heteroatoms. The zero-order valence-electron chi connectivity index (χ0n) is 24.5. The Morgan fingerprint density at radius 1 is 0.791 bits per heavy atom. The Labute approximate surface area is 260 Å². The lowest BCUT2D eigenvalue weighted by Gasteiger charge is -2.33. The Balaban J connectivity index is 0.00000423. The highest BCUT2D eigenvalue weighted by atomic mass is 35.5. The highest BCUT2D eigenvalue weighted by Crippen LogP contribution is 2.31. The maximum Gasteiger partial charge on any atom is 0.329 e. The van der Waals surface area contributed by atoms with Gasteiger partial charge in [0.1, 0.15) is 18.7 Å². The average molecular weight is 604 g/mol. The molecule has 228 valence electrons. The summed E-state index contributed by atoms with van der Waals surface area (Å²) in [6.45, 7) is 0.577. The number of nitrogens with one attached hydrogen (secondary N) is 1. The zero-order valence-corrected chi connectivity index (χ0v) is 25.3. The number of halogens is 1. The Bertz CT molecular complexity index is 1280. The van der Waals surface area contributed by atoms with Crippen LogP contribution in [0.25, 0.3) is 0 Å². The molecular formula is C35H42ClN3O4. The fourth-order valence-corrected chi connectivity index (χ4v) is 6.43. The third-order valence-corrected chi connectivity index (χ3v) is 8.71. The Morgan fingerprint density at radius 3 is 1.93 bits per heavy atom. The van der Waals surface area contributed by atoms with Gasteiger partial charge in [0.25, 0.3) is 0 Å². The Morgan fingerprint density at radius 2 is 1.35 bits per heavy atom. The molecule has 3 aromatic carbocycles. The zero-order chi connectivity index (χ0) is 29.3. The number of amides is 2. The van der Waals surface area contributed by atoms with Crippen LogP contribution in [0.5, 0.6) is 0 Å². The van der Waals surface area contributed by atoms with Gasteiger partial charge in [-0.3, -0.25) is 9.59 Å². The molecule has 3 aromatic rings. The maximum atomic E-state index is 14.0. The van der Waals surface area contributed by atoms with E-state index in [1.165, 1.54) is 6.42 Å². The van der Waals surface area contributed by atoms with Gasteiger partial charge < -0.3 is 20.7 Å². The van der Waals surface area contributed by atoms with E-state index >= 15 is 0 Å². The van der Waals surface area contributed by atoms with Gasteiger partial charge in [-0.2, -0.15) is 0 Å².